The largest absolute Gasteiger partial charge is 0.381 e. The summed E-state index contributed by atoms with van der Waals surface area (Å²) in [5.74, 6) is 0. The third-order valence-electron chi connectivity index (χ3n) is 2.87. The highest BCUT2D eigenvalue weighted by molar-refractivity contribution is 5.41. The summed E-state index contributed by atoms with van der Waals surface area (Å²) in [6.45, 7) is 0.455. The minimum atomic E-state index is -0.0931. The molecule has 0 unspecified atom stereocenters. The van der Waals surface area contributed by atoms with Crippen LogP contribution in [0.25, 0.3) is 0 Å². The number of pyridine rings is 1. The predicted molar refractivity (Wildman–Crippen MR) is 68.5 cm³/mol. The van der Waals surface area contributed by atoms with Crippen LogP contribution < -0.4 is 10.9 Å². The first kappa shape index (κ1) is 11.0. The lowest BCUT2D eigenvalue weighted by Crippen LogP contribution is -2.23. The molecule has 0 aliphatic heterocycles. The summed E-state index contributed by atoms with van der Waals surface area (Å²) in [7, 11) is 0. The number of hydrogen-bond acceptors (Lipinski definition) is 4. The molecule has 1 N–H and O–H groups in total. The molecule has 92 valence electrons. The Hall–Kier alpha value is -2.17. The molecule has 0 bridgehead atoms. The van der Waals surface area contributed by atoms with Crippen LogP contribution in [0.3, 0.4) is 0 Å². The number of nitrogens with zero attached hydrogens (tertiary/aromatic N) is 3. The minimum Gasteiger partial charge on any atom is -0.381 e. The van der Waals surface area contributed by atoms with Crippen LogP contribution >= 0.6 is 0 Å². The monoisotopic (exact) mass is 242 g/mol. The van der Waals surface area contributed by atoms with Crippen LogP contribution in [0.15, 0.2) is 41.6 Å². The second-order valence-electron chi connectivity index (χ2n) is 4.52. The van der Waals surface area contributed by atoms with Crippen molar-refractivity contribution in [2.24, 2.45) is 0 Å². The molecule has 0 aromatic carbocycles. The number of nitrogens with one attached hydrogen (secondary N) is 1. The van der Waals surface area contributed by atoms with Crippen LogP contribution in [0, 0.1) is 0 Å². The van der Waals surface area contributed by atoms with Gasteiger partial charge in [-0.05, 0) is 24.5 Å². The van der Waals surface area contributed by atoms with Crippen molar-refractivity contribution in [1.29, 1.82) is 0 Å². The average Bonchev–Trinajstić information content (AvgIpc) is 3.18. The van der Waals surface area contributed by atoms with Gasteiger partial charge in [0.2, 0.25) is 0 Å². The molecule has 1 fully saturated rings. The molecule has 2 aromatic rings. The van der Waals surface area contributed by atoms with Gasteiger partial charge in [-0.1, -0.05) is 6.07 Å². The fraction of sp³-hybridized carbons (Fsp3) is 0.308. The molecule has 0 saturated heterocycles. The molecule has 18 heavy (non-hydrogen) atoms. The number of aromatic nitrogens is 3. The Kier molecular flexibility index (Phi) is 2.80. The van der Waals surface area contributed by atoms with Crippen molar-refractivity contribution in [2.75, 3.05) is 5.32 Å². The van der Waals surface area contributed by atoms with Crippen LogP contribution in [0.5, 0.6) is 0 Å². The molecule has 0 radical (unpaired) electrons. The Bertz CT molecular complexity index is 589. The molecule has 1 saturated carbocycles. The molecule has 2 aromatic heterocycles. The van der Waals surface area contributed by atoms with E-state index in [1.807, 2.05) is 12.1 Å². The van der Waals surface area contributed by atoms with Crippen molar-refractivity contribution >= 4 is 5.69 Å². The summed E-state index contributed by atoms with van der Waals surface area (Å²) in [4.78, 5) is 15.9. The molecule has 5 nitrogen and oxygen atoms in total. The third kappa shape index (κ3) is 2.56. The van der Waals surface area contributed by atoms with E-state index >= 15 is 0 Å². The Morgan fingerprint density at radius 2 is 2.28 bits per heavy atom. The van der Waals surface area contributed by atoms with E-state index in [2.05, 4.69) is 15.4 Å². The second-order valence-corrected chi connectivity index (χ2v) is 4.52. The van der Waals surface area contributed by atoms with Gasteiger partial charge in [-0.15, -0.1) is 0 Å². The van der Waals surface area contributed by atoms with Crippen LogP contribution in [0.1, 0.15) is 18.4 Å². The Morgan fingerprint density at radius 3 is 2.94 bits per heavy atom. The SMILES string of the molecule is O=c1cc(NC2CC2)cnn1Cc1cccnc1. The van der Waals surface area contributed by atoms with Crippen molar-refractivity contribution in [2.45, 2.75) is 25.4 Å². The highest BCUT2D eigenvalue weighted by Gasteiger charge is 2.20. The summed E-state index contributed by atoms with van der Waals surface area (Å²) in [5.41, 5.74) is 1.68. The van der Waals surface area contributed by atoms with Gasteiger partial charge in [0, 0.05) is 24.5 Å². The summed E-state index contributed by atoms with van der Waals surface area (Å²) >= 11 is 0. The lowest BCUT2D eigenvalue weighted by atomic mass is 10.3. The van der Waals surface area contributed by atoms with Gasteiger partial charge in [0.15, 0.2) is 0 Å². The highest BCUT2D eigenvalue weighted by Crippen LogP contribution is 2.23. The summed E-state index contributed by atoms with van der Waals surface area (Å²) in [5, 5.41) is 7.43. The smallest absolute Gasteiger partial charge is 0.269 e. The van der Waals surface area contributed by atoms with Crippen LogP contribution in [-0.2, 0) is 6.54 Å². The molecule has 5 heteroatoms. The average molecular weight is 242 g/mol. The molecule has 1 aliphatic carbocycles. The molecule has 0 atom stereocenters. The Balaban J connectivity index is 1.78. The van der Waals surface area contributed by atoms with Gasteiger partial charge >= 0.3 is 0 Å². The fourth-order valence-corrected chi connectivity index (χ4v) is 1.76. The second kappa shape index (κ2) is 4.60. The topological polar surface area (TPSA) is 59.8 Å². The van der Waals surface area contributed by atoms with Crippen LogP contribution in [0.4, 0.5) is 5.69 Å². The van der Waals surface area contributed by atoms with Crippen molar-refractivity contribution < 1.29 is 0 Å². The zero-order chi connectivity index (χ0) is 12.4. The zero-order valence-electron chi connectivity index (χ0n) is 9.91. The first-order valence-electron chi connectivity index (χ1n) is 6.04. The maximum Gasteiger partial charge on any atom is 0.269 e. The lowest BCUT2D eigenvalue weighted by molar-refractivity contribution is 0.638. The lowest BCUT2D eigenvalue weighted by Gasteiger charge is -2.07. The van der Waals surface area contributed by atoms with Gasteiger partial charge in [0.1, 0.15) is 0 Å². The maximum absolute atomic E-state index is 11.9. The van der Waals surface area contributed by atoms with E-state index in [9.17, 15) is 4.79 Å². The van der Waals surface area contributed by atoms with Crippen LogP contribution in [-0.4, -0.2) is 20.8 Å². The van der Waals surface area contributed by atoms with Gasteiger partial charge in [-0.25, -0.2) is 4.68 Å². The number of hydrogen-bond donors (Lipinski definition) is 1. The van der Waals surface area contributed by atoms with E-state index in [-0.39, 0.29) is 5.56 Å². The van der Waals surface area contributed by atoms with E-state index in [1.165, 1.54) is 17.5 Å². The van der Waals surface area contributed by atoms with Crippen molar-refractivity contribution in [3.05, 3.63) is 52.7 Å². The molecule has 2 heterocycles. The van der Waals surface area contributed by atoms with Gasteiger partial charge in [0.05, 0.1) is 18.4 Å². The highest BCUT2D eigenvalue weighted by atomic mass is 16.1. The minimum absolute atomic E-state index is 0.0931. The molecular weight excluding hydrogens is 228 g/mol. The first-order valence-corrected chi connectivity index (χ1v) is 6.04. The van der Waals surface area contributed by atoms with Crippen LogP contribution in [0.2, 0.25) is 0 Å². The van der Waals surface area contributed by atoms with Crippen molar-refractivity contribution in [3.63, 3.8) is 0 Å². The third-order valence-corrected chi connectivity index (χ3v) is 2.87. The predicted octanol–water partition coefficient (Wildman–Crippen LogP) is 1.26. The molecule has 0 amide bonds. The van der Waals surface area contributed by atoms with Gasteiger partial charge in [-0.2, -0.15) is 5.10 Å². The zero-order valence-corrected chi connectivity index (χ0v) is 9.91. The van der Waals surface area contributed by atoms with Gasteiger partial charge < -0.3 is 5.32 Å². The normalized spacial score (nSPS) is 14.4. The Labute approximate surface area is 104 Å². The molecule has 1 aliphatic rings. The summed E-state index contributed by atoms with van der Waals surface area (Å²) in [6.07, 6.45) is 7.51. The Morgan fingerprint density at radius 1 is 1.39 bits per heavy atom. The van der Waals surface area contributed by atoms with E-state index in [4.69, 9.17) is 0 Å². The van der Waals surface area contributed by atoms with E-state index in [0.29, 0.717) is 12.6 Å². The fourth-order valence-electron chi connectivity index (χ4n) is 1.76. The summed E-state index contributed by atoms with van der Waals surface area (Å²) < 4.78 is 1.44. The van der Waals surface area contributed by atoms with Gasteiger partial charge in [0.25, 0.3) is 5.56 Å². The van der Waals surface area contributed by atoms with E-state index < -0.39 is 0 Å². The number of rotatable bonds is 4. The maximum atomic E-state index is 11.9. The molecule has 0 spiro atoms. The quantitative estimate of drug-likeness (QED) is 0.877. The van der Waals surface area contributed by atoms with E-state index in [1.54, 1.807) is 24.7 Å². The standard InChI is InChI=1S/C13H14N4O/c18-13-6-12(16-11-3-4-11)8-15-17(13)9-10-2-1-5-14-7-10/h1-2,5-8,11,16H,3-4,9H2. The molecular formula is C13H14N4O. The first-order chi connectivity index (χ1) is 8.81. The van der Waals surface area contributed by atoms with Gasteiger partial charge in [-0.3, -0.25) is 9.78 Å². The summed E-state index contributed by atoms with van der Waals surface area (Å²) in [6, 6.07) is 5.91. The number of anilines is 1. The van der Waals surface area contributed by atoms with Crippen molar-refractivity contribution in [3.8, 4) is 0 Å². The van der Waals surface area contributed by atoms with E-state index in [0.717, 1.165) is 11.3 Å². The molecule has 3 rings (SSSR count). The van der Waals surface area contributed by atoms with Crippen molar-refractivity contribution in [1.82, 2.24) is 14.8 Å².